The lowest BCUT2D eigenvalue weighted by Crippen LogP contribution is -2.40. The van der Waals surface area contributed by atoms with E-state index in [4.69, 9.17) is 9.26 Å². The monoisotopic (exact) mass is 319 g/mol. The van der Waals surface area contributed by atoms with E-state index in [9.17, 15) is 9.18 Å². The molecule has 0 unspecified atom stereocenters. The van der Waals surface area contributed by atoms with Crippen molar-refractivity contribution in [2.75, 3.05) is 19.7 Å². The molecule has 7 heteroatoms. The van der Waals surface area contributed by atoms with Crippen LogP contribution in [0, 0.1) is 12.7 Å². The fraction of sp³-hybridized carbons (Fsp3) is 0.438. The number of halogens is 1. The van der Waals surface area contributed by atoms with E-state index in [0.29, 0.717) is 24.8 Å². The van der Waals surface area contributed by atoms with Crippen molar-refractivity contribution in [3.05, 3.63) is 41.8 Å². The van der Waals surface area contributed by atoms with Crippen molar-refractivity contribution in [2.45, 2.75) is 25.7 Å². The molecule has 0 spiro atoms. The number of carbonyl (C=O) groups excluding carboxylic acids is 1. The number of nitrogens with zero attached hydrogens (tertiary/aromatic N) is 3. The number of aromatic nitrogens is 2. The summed E-state index contributed by atoms with van der Waals surface area (Å²) < 4.78 is 23.9. The summed E-state index contributed by atoms with van der Waals surface area (Å²) in [5.74, 6) is 0.929. The van der Waals surface area contributed by atoms with Gasteiger partial charge in [0.2, 0.25) is 5.89 Å². The Morgan fingerprint density at radius 2 is 2.13 bits per heavy atom. The second-order valence-corrected chi connectivity index (χ2v) is 5.55. The van der Waals surface area contributed by atoms with Crippen molar-refractivity contribution in [1.29, 1.82) is 0 Å². The van der Waals surface area contributed by atoms with Crippen LogP contribution in [0.2, 0.25) is 0 Å². The number of likely N-dealkylation sites (tertiary alicyclic amines) is 1. The third kappa shape index (κ3) is 3.67. The van der Waals surface area contributed by atoms with E-state index in [-0.39, 0.29) is 24.2 Å². The number of carbonyl (C=O) groups is 1. The van der Waals surface area contributed by atoms with Crippen molar-refractivity contribution in [2.24, 2.45) is 0 Å². The van der Waals surface area contributed by atoms with Crippen molar-refractivity contribution in [3.63, 3.8) is 0 Å². The van der Waals surface area contributed by atoms with Crippen molar-refractivity contribution < 1.29 is 18.4 Å². The van der Waals surface area contributed by atoms with E-state index in [1.54, 1.807) is 24.0 Å². The second-order valence-electron chi connectivity index (χ2n) is 5.55. The summed E-state index contributed by atoms with van der Waals surface area (Å²) in [7, 11) is 0. The molecule has 0 atom stereocenters. The number of hydrogen-bond donors (Lipinski definition) is 0. The summed E-state index contributed by atoms with van der Waals surface area (Å²) in [4.78, 5) is 18.1. The van der Waals surface area contributed by atoms with E-state index in [2.05, 4.69) is 10.1 Å². The van der Waals surface area contributed by atoms with Crippen LogP contribution in [0.15, 0.2) is 28.8 Å². The molecule has 1 amide bonds. The minimum atomic E-state index is -0.467. The highest BCUT2D eigenvalue weighted by Crippen LogP contribution is 2.26. The van der Waals surface area contributed by atoms with Crippen LogP contribution in [0.25, 0.3) is 0 Å². The predicted molar refractivity (Wildman–Crippen MR) is 79.5 cm³/mol. The van der Waals surface area contributed by atoms with Gasteiger partial charge in [-0.25, -0.2) is 4.39 Å². The Morgan fingerprint density at radius 3 is 2.78 bits per heavy atom. The Hall–Kier alpha value is -2.44. The van der Waals surface area contributed by atoms with E-state index in [1.807, 2.05) is 0 Å². The van der Waals surface area contributed by atoms with Crippen LogP contribution in [0.3, 0.4) is 0 Å². The molecule has 2 heterocycles. The largest absolute Gasteiger partial charge is 0.481 e. The van der Waals surface area contributed by atoms with Crippen LogP contribution < -0.4 is 4.74 Å². The summed E-state index contributed by atoms with van der Waals surface area (Å²) in [5.41, 5.74) is 0. The average Bonchev–Trinajstić information content (AvgIpc) is 3.00. The first kappa shape index (κ1) is 15.5. The number of hydrogen-bond acceptors (Lipinski definition) is 5. The van der Waals surface area contributed by atoms with Gasteiger partial charge >= 0.3 is 0 Å². The van der Waals surface area contributed by atoms with Gasteiger partial charge in [0.1, 0.15) is 0 Å². The smallest absolute Gasteiger partial charge is 0.260 e. The molecule has 0 bridgehead atoms. The Morgan fingerprint density at radius 1 is 1.39 bits per heavy atom. The minimum Gasteiger partial charge on any atom is -0.481 e. The number of ether oxygens (including phenoxy) is 1. The van der Waals surface area contributed by atoms with E-state index in [1.165, 1.54) is 12.1 Å². The lowest BCUT2D eigenvalue weighted by molar-refractivity contribution is -0.134. The molecule has 1 fully saturated rings. The van der Waals surface area contributed by atoms with E-state index >= 15 is 0 Å². The summed E-state index contributed by atoms with van der Waals surface area (Å²) in [6.07, 6.45) is 1.54. The maximum absolute atomic E-state index is 13.5. The summed E-state index contributed by atoms with van der Waals surface area (Å²) in [5, 5.41) is 3.80. The Kier molecular flexibility index (Phi) is 4.55. The van der Waals surface area contributed by atoms with Crippen LogP contribution in [-0.2, 0) is 4.79 Å². The molecular weight excluding hydrogens is 301 g/mol. The number of aryl methyl sites for hydroxylation is 1. The normalized spacial score (nSPS) is 15.7. The number of rotatable bonds is 4. The summed E-state index contributed by atoms with van der Waals surface area (Å²) >= 11 is 0. The first-order chi connectivity index (χ1) is 11.1. The van der Waals surface area contributed by atoms with Crippen LogP contribution in [0.5, 0.6) is 5.75 Å². The first-order valence-corrected chi connectivity index (χ1v) is 7.59. The molecule has 1 aromatic carbocycles. The minimum absolute atomic E-state index is 0.0945. The van der Waals surface area contributed by atoms with Gasteiger partial charge in [-0.2, -0.15) is 4.98 Å². The molecule has 0 aliphatic carbocycles. The Balaban J connectivity index is 1.49. The van der Waals surface area contributed by atoms with Crippen LogP contribution in [0.4, 0.5) is 4.39 Å². The van der Waals surface area contributed by atoms with E-state index < -0.39 is 5.82 Å². The highest BCUT2D eigenvalue weighted by molar-refractivity contribution is 5.77. The molecule has 6 nitrogen and oxygen atoms in total. The lowest BCUT2D eigenvalue weighted by Gasteiger charge is -2.30. The predicted octanol–water partition coefficient (Wildman–Crippen LogP) is 2.30. The van der Waals surface area contributed by atoms with Gasteiger partial charge in [-0.15, -0.1) is 0 Å². The molecule has 2 aromatic rings. The van der Waals surface area contributed by atoms with E-state index in [0.717, 1.165) is 12.8 Å². The van der Waals surface area contributed by atoms with Gasteiger partial charge in [0.25, 0.3) is 5.91 Å². The standard InChI is InChI=1S/C16H18FN3O3/c1-11-18-16(23-19-11)12-6-8-20(9-7-12)15(21)10-22-14-5-3-2-4-13(14)17/h2-5,12H,6-10H2,1H3. The summed E-state index contributed by atoms with van der Waals surface area (Å²) in [6.45, 7) is 2.83. The van der Waals surface area contributed by atoms with Gasteiger partial charge < -0.3 is 14.2 Å². The lowest BCUT2D eigenvalue weighted by atomic mass is 9.97. The highest BCUT2D eigenvalue weighted by Gasteiger charge is 2.27. The zero-order valence-corrected chi connectivity index (χ0v) is 12.9. The van der Waals surface area contributed by atoms with Crippen LogP contribution >= 0.6 is 0 Å². The zero-order valence-electron chi connectivity index (χ0n) is 12.9. The number of para-hydroxylation sites is 1. The molecule has 0 saturated carbocycles. The number of piperidine rings is 1. The number of amides is 1. The quantitative estimate of drug-likeness (QED) is 0.865. The van der Waals surface area contributed by atoms with Crippen molar-refractivity contribution in [3.8, 4) is 5.75 Å². The molecule has 0 radical (unpaired) electrons. The maximum atomic E-state index is 13.5. The SMILES string of the molecule is Cc1noc(C2CCN(C(=O)COc3ccccc3F)CC2)n1. The molecule has 1 aliphatic rings. The summed E-state index contributed by atoms with van der Waals surface area (Å²) in [6, 6.07) is 6.05. The fourth-order valence-electron chi connectivity index (χ4n) is 2.65. The maximum Gasteiger partial charge on any atom is 0.260 e. The topological polar surface area (TPSA) is 68.5 Å². The molecule has 23 heavy (non-hydrogen) atoms. The average molecular weight is 319 g/mol. The zero-order chi connectivity index (χ0) is 16.2. The van der Waals surface area contributed by atoms with Gasteiger partial charge in [0, 0.05) is 19.0 Å². The van der Waals surface area contributed by atoms with Gasteiger partial charge in [-0.1, -0.05) is 17.3 Å². The molecule has 1 aromatic heterocycles. The van der Waals surface area contributed by atoms with Crippen molar-refractivity contribution >= 4 is 5.91 Å². The number of benzene rings is 1. The molecule has 3 rings (SSSR count). The Bertz CT molecular complexity index is 681. The third-order valence-electron chi connectivity index (χ3n) is 3.93. The second kappa shape index (κ2) is 6.76. The molecular formula is C16H18FN3O3. The van der Waals surface area contributed by atoms with Gasteiger partial charge in [0.05, 0.1) is 0 Å². The van der Waals surface area contributed by atoms with Crippen LogP contribution in [0.1, 0.15) is 30.5 Å². The molecule has 1 aliphatic heterocycles. The Labute approximate surface area is 133 Å². The highest BCUT2D eigenvalue weighted by atomic mass is 19.1. The molecule has 1 saturated heterocycles. The van der Waals surface area contributed by atoms with Gasteiger partial charge in [-0.05, 0) is 31.9 Å². The third-order valence-corrected chi connectivity index (χ3v) is 3.93. The van der Waals surface area contributed by atoms with Crippen LogP contribution in [-0.4, -0.2) is 40.6 Å². The van der Waals surface area contributed by atoms with Gasteiger partial charge in [0.15, 0.2) is 24.0 Å². The van der Waals surface area contributed by atoms with Crippen molar-refractivity contribution in [1.82, 2.24) is 15.0 Å². The fourth-order valence-corrected chi connectivity index (χ4v) is 2.65. The van der Waals surface area contributed by atoms with Gasteiger partial charge in [-0.3, -0.25) is 4.79 Å². The first-order valence-electron chi connectivity index (χ1n) is 7.59. The molecule has 122 valence electrons. The molecule has 0 N–H and O–H groups in total.